The van der Waals surface area contributed by atoms with Crippen LogP contribution in [0.5, 0.6) is 0 Å². The van der Waals surface area contributed by atoms with Crippen molar-refractivity contribution in [2.75, 3.05) is 23.7 Å². The number of fused-ring (bicyclic) bond motifs is 1. The number of piperidine rings is 1. The van der Waals surface area contributed by atoms with Crippen LogP contribution in [0.2, 0.25) is 0 Å². The Hall–Kier alpha value is -2.93. The van der Waals surface area contributed by atoms with E-state index in [1.165, 1.54) is 6.26 Å². The normalized spacial score (nSPS) is 15.2. The molecule has 1 saturated heterocycles. The van der Waals surface area contributed by atoms with E-state index in [0.717, 1.165) is 37.0 Å². The summed E-state index contributed by atoms with van der Waals surface area (Å²) in [6.07, 6.45) is 5.27. The van der Waals surface area contributed by atoms with Gasteiger partial charge in [-0.1, -0.05) is 5.16 Å². The smallest absolute Gasteiger partial charge is 0.259 e. The van der Waals surface area contributed by atoms with Crippen LogP contribution in [0.4, 0.5) is 11.5 Å². The molecular weight excluding hydrogens is 318 g/mol. The first-order valence-electron chi connectivity index (χ1n) is 8.38. The van der Waals surface area contributed by atoms with E-state index in [9.17, 15) is 4.79 Å². The van der Waals surface area contributed by atoms with Crippen LogP contribution in [0, 0.1) is 0 Å². The maximum Gasteiger partial charge on any atom is 0.259 e. The Morgan fingerprint density at radius 3 is 2.88 bits per heavy atom. The molecule has 0 radical (unpaired) electrons. The number of amides is 1. The van der Waals surface area contributed by atoms with Gasteiger partial charge in [-0.3, -0.25) is 9.78 Å². The fourth-order valence-electron chi connectivity index (χ4n) is 3.13. The third kappa shape index (κ3) is 3.32. The van der Waals surface area contributed by atoms with Gasteiger partial charge in [0.2, 0.25) is 0 Å². The first-order valence-corrected chi connectivity index (χ1v) is 8.38. The van der Waals surface area contributed by atoms with E-state index in [1.54, 1.807) is 18.3 Å². The Morgan fingerprint density at radius 2 is 2.08 bits per heavy atom. The van der Waals surface area contributed by atoms with Crippen molar-refractivity contribution in [1.82, 2.24) is 15.5 Å². The molecule has 7 heteroatoms. The molecule has 0 bridgehead atoms. The largest absolute Gasteiger partial charge is 0.382 e. The molecule has 0 spiro atoms. The van der Waals surface area contributed by atoms with Crippen molar-refractivity contribution >= 4 is 28.3 Å². The monoisotopic (exact) mass is 337 g/mol. The molecule has 128 valence electrons. The van der Waals surface area contributed by atoms with Crippen LogP contribution in [0.3, 0.4) is 0 Å². The number of carbonyl (C=O) groups excluding carboxylic acids is 1. The molecule has 25 heavy (non-hydrogen) atoms. The molecule has 0 aliphatic carbocycles. The number of rotatable bonds is 4. The lowest BCUT2D eigenvalue weighted by atomic mass is 10.0. The minimum Gasteiger partial charge on any atom is -0.382 e. The summed E-state index contributed by atoms with van der Waals surface area (Å²) < 4.78 is 4.75. The first kappa shape index (κ1) is 15.6. The highest BCUT2D eigenvalue weighted by molar-refractivity contribution is 6.13. The molecule has 4 rings (SSSR count). The van der Waals surface area contributed by atoms with Crippen LogP contribution in [-0.4, -0.2) is 35.2 Å². The lowest BCUT2D eigenvalue weighted by Crippen LogP contribution is -2.35. The van der Waals surface area contributed by atoms with Crippen molar-refractivity contribution in [3.05, 3.63) is 48.4 Å². The number of carbonyl (C=O) groups is 1. The second kappa shape index (κ2) is 6.90. The number of benzene rings is 1. The molecule has 1 aliphatic heterocycles. The third-order valence-electron chi connectivity index (χ3n) is 4.39. The Kier molecular flexibility index (Phi) is 4.30. The number of aromatic nitrogens is 2. The zero-order valence-electron chi connectivity index (χ0n) is 13.7. The number of nitrogens with zero attached hydrogens (tertiary/aromatic N) is 2. The zero-order valence-corrected chi connectivity index (χ0v) is 13.7. The molecule has 1 aromatic carbocycles. The zero-order chi connectivity index (χ0) is 17.1. The predicted octanol–water partition coefficient (Wildman–Crippen LogP) is 2.64. The van der Waals surface area contributed by atoms with Gasteiger partial charge in [-0.25, -0.2) is 0 Å². The van der Waals surface area contributed by atoms with E-state index in [1.807, 2.05) is 18.2 Å². The molecule has 7 nitrogen and oxygen atoms in total. The summed E-state index contributed by atoms with van der Waals surface area (Å²) in [5.41, 5.74) is 2.19. The van der Waals surface area contributed by atoms with Gasteiger partial charge in [0.1, 0.15) is 6.26 Å². The van der Waals surface area contributed by atoms with E-state index < -0.39 is 0 Å². The lowest BCUT2D eigenvalue weighted by Gasteiger charge is -2.25. The Bertz CT molecular complexity index is 872. The van der Waals surface area contributed by atoms with Crippen LogP contribution in [-0.2, 0) is 0 Å². The maximum atomic E-state index is 12.6. The van der Waals surface area contributed by atoms with Gasteiger partial charge < -0.3 is 20.5 Å². The van der Waals surface area contributed by atoms with Gasteiger partial charge in [0.15, 0.2) is 5.82 Å². The summed E-state index contributed by atoms with van der Waals surface area (Å²) in [7, 11) is 0. The van der Waals surface area contributed by atoms with Crippen LogP contribution < -0.4 is 16.0 Å². The molecule has 3 aromatic rings. The summed E-state index contributed by atoms with van der Waals surface area (Å²) >= 11 is 0. The summed E-state index contributed by atoms with van der Waals surface area (Å²) in [6.45, 7) is 2.04. The van der Waals surface area contributed by atoms with E-state index >= 15 is 0 Å². The fourth-order valence-corrected chi connectivity index (χ4v) is 3.13. The van der Waals surface area contributed by atoms with Crippen molar-refractivity contribution < 1.29 is 9.32 Å². The highest BCUT2D eigenvalue weighted by Crippen LogP contribution is 2.27. The standard InChI is InChI=1S/C18H19N5O2/c24-18(22-16-7-11-25-23-16)14-3-4-15(13-2-1-8-20-17(13)14)21-12-5-9-19-10-6-12/h1-4,7-8,11-12,19,21H,5-6,9-10H2,(H,22,23,24). The first-order chi connectivity index (χ1) is 12.3. The van der Waals surface area contributed by atoms with Crippen molar-refractivity contribution in [1.29, 1.82) is 0 Å². The Balaban J connectivity index is 1.65. The van der Waals surface area contributed by atoms with Gasteiger partial charge in [-0.05, 0) is 50.2 Å². The van der Waals surface area contributed by atoms with E-state index in [0.29, 0.717) is 22.9 Å². The molecule has 0 saturated carbocycles. The number of hydrogen-bond donors (Lipinski definition) is 3. The highest BCUT2D eigenvalue weighted by atomic mass is 16.5. The van der Waals surface area contributed by atoms with Gasteiger partial charge in [0, 0.05) is 29.4 Å². The van der Waals surface area contributed by atoms with Crippen LogP contribution in [0.1, 0.15) is 23.2 Å². The summed E-state index contributed by atoms with van der Waals surface area (Å²) in [4.78, 5) is 17.0. The van der Waals surface area contributed by atoms with Gasteiger partial charge in [-0.15, -0.1) is 0 Å². The fraction of sp³-hybridized carbons (Fsp3) is 0.278. The Morgan fingerprint density at radius 1 is 1.20 bits per heavy atom. The van der Waals surface area contributed by atoms with E-state index in [-0.39, 0.29) is 5.91 Å². The predicted molar refractivity (Wildman–Crippen MR) is 95.7 cm³/mol. The molecule has 3 N–H and O–H groups in total. The second-order valence-corrected chi connectivity index (χ2v) is 6.07. The maximum absolute atomic E-state index is 12.6. The Labute approximate surface area is 144 Å². The minimum atomic E-state index is -0.258. The van der Waals surface area contributed by atoms with Crippen molar-refractivity contribution in [3.63, 3.8) is 0 Å². The van der Waals surface area contributed by atoms with Crippen molar-refractivity contribution in [2.24, 2.45) is 0 Å². The second-order valence-electron chi connectivity index (χ2n) is 6.07. The van der Waals surface area contributed by atoms with E-state index in [4.69, 9.17) is 4.52 Å². The highest BCUT2D eigenvalue weighted by Gasteiger charge is 2.17. The SMILES string of the molecule is O=C(Nc1ccon1)c1ccc(NC2CCNCC2)c2cccnc12. The molecule has 1 amide bonds. The number of pyridine rings is 1. The topological polar surface area (TPSA) is 92.1 Å². The van der Waals surface area contributed by atoms with Crippen LogP contribution in [0.15, 0.2) is 47.3 Å². The van der Waals surface area contributed by atoms with Gasteiger partial charge in [0.25, 0.3) is 5.91 Å². The average molecular weight is 337 g/mol. The molecule has 3 heterocycles. The van der Waals surface area contributed by atoms with Crippen LogP contribution in [0.25, 0.3) is 10.9 Å². The van der Waals surface area contributed by atoms with Crippen molar-refractivity contribution in [3.8, 4) is 0 Å². The third-order valence-corrected chi connectivity index (χ3v) is 4.39. The molecule has 2 aromatic heterocycles. The molecule has 0 unspecified atom stereocenters. The van der Waals surface area contributed by atoms with Gasteiger partial charge in [0.05, 0.1) is 11.1 Å². The quantitative estimate of drug-likeness (QED) is 0.678. The lowest BCUT2D eigenvalue weighted by molar-refractivity contribution is 0.102. The average Bonchev–Trinajstić information content (AvgIpc) is 3.16. The number of hydrogen-bond acceptors (Lipinski definition) is 6. The van der Waals surface area contributed by atoms with Crippen LogP contribution >= 0.6 is 0 Å². The molecular formula is C18H19N5O2. The summed E-state index contributed by atoms with van der Waals surface area (Å²) in [6, 6.07) is 9.64. The van der Waals surface area contributed by atoms with Gasteiger partial charge in [-0.2, -0.15) is 0 Å². The molecule has 1 aliphatic rings. The summed E-state index contributed by atoms with van der Waals surface area (Å²) in [5, 5.41) is 14.3. The minimum absolute atomic E-state index is 0.258. The molecule has 1 fully saturated rings. The number of nitrogens with one attached hydrogen (secondary N) is 3. The number of anilines is 2. The van der Waals surface area contributed by atoms with Gasteiger partial charge >= 0.3 is 0 Å². The van der Waals surface area contributed by atoms with Crippen molar-refractivity contribution in [2.45, 2.75) is 18.9 Å². The summed E-state index contributed by atoms with van der Waals surface area (Å²) in [5.74, 6) is 0.122. The van der Waals surface area contributed by atoms with E-state index in [2.05, 4.69) is 26.1 Å². The molecule has 0 atom stereocenters.